The van der Waals surface area contributed by atoms with Crippen molar-refractivity contribution in [2.45, 2.75) is 12.6 Å². The molecule has 1 aromatic carbocycles. The Morgan fingerprint density at radius 2 is 2.21 bits per heavy atom. The van der Waals surface area contributed by atoms with Gasteiger partial charge in [0.25, 0.3) is 0 Å². The third kappa shape index (κ3) is 3.26. The Morgan fingerprint density at radius 1 is 1.29 bits per heavy atom. The number of piperazine rings is 1. The molecule has 3 aromatic rings. The molecule has 0 bridgehead atoms. The summed E-state index contributed by atoms with van der Waals surface area (Å²) in [4.78, 5) is 10.9. The minimum atomic E-state index is -0.186. The molecule has 1 atom stereocenters. The highest BCUT2D eigenvalue weighted by Gasteiger charge is 2.25. The summed E-state index contributed by atoms with van der Waals surface area (Å²) in [6.07, 6.45) is 7.34. The topological polar surface area (TPSA) is 45.5 Å². The molecule has 1 unspecified atom stereocenters. The zero-order valence-corrected chi connectivity index (χ0v) is 13.9. The van der Waals surface area contributed by atoms with Crippen molar-refractivity contribution in [2.75, 3.05) is 19.6 Å². The largest absolute Gasteiger partial charge is 0.314 e. The number of rotatable bonds is 3. The molecule has 0 saturated carbocycles. The summed E-state index contributed by atoms with van der Waals surface area (Å²) in [6, 6.07) is 7.04. The van der Waals surface area contributed by atoms with Crippen LogP contribution in [0.25, 0.3) is 5.65 Å². The monoisotopic (exact) mass is 347 g/mol. The van der Waals surface area contributed by atoms with Crippen LogP contribution in [0.3, 0.4) is 0 Å². The number of aromatic nitrogens is 3. The van der Waals surface area contributed by atoms with Crippen molar-refractivity contribution in [3.05, 3.63) is 66.1 Å². The van der Waals surface area contributed by atoms with Crippen molar-refractivity contribution in [2.24, 2.45) is 0 Å². The fraction of sp³-hybridized carbons (Fsp3) is 0.294. The first-order valence-electron chi connectivity index (χ1n) is 7.77. The van der Waals surface area contributed by atoms with Crippen molar-refractivity contribution in [1.82, 2.24) is 24.6 Å². The van der Waals surface area contributed by atoms with E-state index in [0.717, 1.165) is 43.1 Å². The third-order valence-corrected chi connectivity index (χ3v) is 4.35. The molecule has 3 heterocycles. The van der Waals surface area contributed by atoms with Gasteiger partial charge in [-0.25, -0.2) is 9.37 Å². The van der Waals surface area contributed by atoms with E-state index < -0.39 is 0 Å². The Hall–Kier alpha value is -2.02. The Kier molecular flexibility index (Phi) is 5.08. The van der Waals surface area contributed by atoms with Crippen LogP contribution in [0.5, 0.6) is 0 Å². The lowest BCUT2D eigenvalue weighted by atomic mass is 10.0. The highest BCUT2D eigenvalue weighted by molar-refractivity contribution is 5.85. The number of hydrogen-bond acceptors (Lipinski definition) is 4. The summed E-state index contributed by atoms with van der Waals surface area (Å²) in [5, 5.41) is 3.40. The Balaban J connectivity index is 0.00000169. The van der Waals surface area contributed by atoms with Gasteiger partial charge in [-0.15, -0.1) is 12.4 Å². The van der Waals surface area contributed by atoms with Crippen LogP contribution >= 0.6 is 12.4 Å². The van der Waals surface area contributed by atoms with Crippen LogP contribution in [0.2, 0.25) is 0 Å². The highest BCUT2D eigenvalue weighted by atomic mass is 35.5. The molecule has 1 aliphatic heterocycles. The van der Waals surface area contributed by atoms with E-state index in [2.05, 4.69) is 24.6 Å². The van der Waals surface area contributed by atoms with Gasteiger partial charge in [-0.1, -0.05) is 12.1 Å². The predicted octanol–water partition coefficient (Wildman–Crippen LogP) is 2.44. The van der Waals surface area contributed by atoms with Crippen LogP contribution in [0.15, 0.2) is 49.1 Å². The van der Waals surface area contributed by atoms with Crippen LogP contribution < -0.4 is 5.32 Å². The highest BCUT2D eigenvalue weighted by Crippen LogP contribution is 2.24. The maximum absolute atomic E-state index is 13.6. The number of fused-ring (bicyclic) bond motifs is 1. The SMILES string of the molecule is Cl.Fc1cccc(C2CNCCN2Cc2cnc3cnccn23)c1. The molecular formula is C17H19ClFN5. The van der Waals surface area contributed by atoms with Crippen LogP contribution in [0.1, 0.15) is 17.3 Å². The summed E-state index contributed by atoms with van der Waals surface area (Å²) >= 11 is 0. The second-order valence-electron chi connectivity index (χ2n) is 5.80. The zero-order valence-electron chi connectivity index (χ0n) is 13.1. The summed E-state index contributed by atoms with van der Waals surface area (Å²) in [5.41, 5.74) is 2.97. The number of hydrogen-bond donors (Lipinski definition) is 1. The third-order valence-electron chi connectivity index (χ3n) is 4.35. The van der Waals surface area contributed by atoms with Gasteiger partial charge in [-0.2, -0.15) is 0 Å². The molecule has 1 N–H and O–H groups in total. The van der Waals surface area contributed by atoms with E-state index in [-0.39, 0.29) is 24.3 Å². The number of benzene rings is 1. The van der Waals surface area contributed by atoms with Crippen molar-refractivity contribution in [3.8, 4) is 0 Å². The summed E-state index contributed by atoms with van der Waals surface area (Å²) in [6.45, 7) is 3.44. The molecule has 7 heteroatoms. The second-order valence-corrected chi connectivity index (χ2v) is 5.80. The van der Waals surface area contributed by atoms with Gasteiger partial charge >= 0.3 is 0 Å². The van der Waals surface area contributed by atoms with Crippen LogP contribution in [0.4, 0.5) is 4.39 Å². The lowest BCUT2D eigenvalue weighted by molar-refractivity contribution is 0.151. The van der Waals surface area contributed by atoms with Gasteiger partial charge in [-0.3, -0.25) is 14.3 Å². The average Bonchev–Trinajstić information content (AvgIpc) is 2.99. The quantitative estimate of drug-likeness (QED) is 0.790. The Bertz CT molecular complexity index is 821. The number of imidazole rings is 1. The maximum atomic E-state index is 13.6. The standard InChI is InChI=1S/C17H18FN5.ClH/c18-14-3-1-2-13(8-14)16-10-19-4-6-22(16)12-15-9-21-17-11-20-5-7-23(15)17;/h1-3,5,7-9,11,16,19H,4,6,10,12H2;1H. The van der Waals surface area contributed by atoms with Crippen molar-refractivity contribution in [1.29, 1.82) is 0 Å². The second kappa shape index (κ2) is 7.25. The van der Waals surface area contributed by atoms with E-state index >= 15 is 0 Å². The van der Waals surface area contributed by atoms with Crippen LogP contribution in [-0.4, -0.2) is 38.9 Å². The van der Waals surface area contributed by atoms with Gasteiger partial charge in [0.15, 0.2) is 5.65 Å². The Morgan fingerprint density at radius 3 is 3.08 bits per heavy atom. The fourth-order valence-electron chi connectivity index (χ4n) is 3.20. The van der Waals surface area contributed by atoms with Crippen molar-refractivity contribution >= 4 is 18.1 Å². The molecule has 0 spiro atoms. The molecule has 0 aliphatic carbocycles. The fourth-order valence-corrected chi connectivity index (χ4v) is 3.20. The number of halogens is 2. The van der Waals surface area contributed by atoms with Crippen LogP contribution in [-0.2, 0) is 6.54 Å². The van der Waals surface area contributed by atoms with E-state index in [1.807, 2.05) is 18.5 Å². The Labute approximate surface area is 145 Å². The molecule has 0 amide bonds. The van der Waals surface area contributed by atoms with E-state index in [0.29, 0.717) is 0 Å². The van der Waals surface area contributed by atoms with Gasteiger partial charge in [0, 0.05) is 44.6 Å². The lowest BCUT2D eigenvalue weighted by Gasteiger charge is -2.36. The molecule has 4 rings (SSSR count). The average molecular weight is 348 g/mol. The first-order valence-corrected chi connectivity index (χ1v) is 7.77. The molecule has 1 fully saturated rings. The van der Waals surface area contributed by atoms with Crippen molar-refractivity contribution in [3.63, 3.8) is 0 Å². The number of nitrogens with zero attached hydrogens (tertiary/aromatic N) is 4. The van der Waals surface area contributed by atoms with Crippen LogP contribution in [0, 0.1) is 5.82 Å². The molecule has 24 heavy (non-hydrogen) atoms. The minimum Gasteiger partial charge on any atom is -0.314 e. The maximum Gasteiger partial charge on any atom is 0.155 e. The molecule has 126 valence electrons. The molecular weight excluding hydrogens is 329 g/mol. The minimum absolute atomic E-state index is 0. The molecule has 1 aliphatic rings. The summed E-state index contributed by atoms with van der Waals surface area (Å²) in [7, 11) is 0. The first kappa shape index (κ1) is 16.8. The summed E-state index contributed by atoms with van der Waals surface area (Å²) < 4.78 is 15.6. The van der Waals surface area contributed by atoms with E-state index in [4.69, 9.17) is 0 Å². The smallest absolute Gasteiger partial charge is 0.155 e. The van der Waals surface area contributed by atoms with Gasteiger partial charge in [-0.05, 0) is 17.7 Å². The molecule has 0 radical (unpaired) electrons. The van der Waals surface area contributed by atoms with Crippen molar-refractivity contribution < 1.29 is 4.39 Å². The van der Waals surface area contributed by atoms with E-state index in [1.54, 1.807) is 24.5 Å². The predicted molar refractivity (Wildman–Crippen MR) is 92.7 cm³/mol. The van der Waals surface area contributed by atoms with E-state index in [9.17, 15) is 4.39 Å². The number of nitrogens with one attached hydrogen (secondary N) is 1. The van der Waals surface area contributed by atoms with Gasteiger partial charge in [0.05, 0.1) is 18.1 Å². The van der Waals surface area contributed by atoms with Gasteiger partial charge < -0.3 is 5.32 Å². The molecule has 1 saturated heterocycles. The lowest BCUT2D eigenvalue weighted by Crippen LogP contribution is -2.45. The molecule has 2 aromatic heterocycles. The zero-order chi connectivity index (χ0) is 15.6. The summed E-state index contributed by atoms with van der Waals surface area (Å²) in [5.74, 6) is -0.186. The first-order chi connectivity index (χ1) is 11.3. The van der Waals surface area contributed by atoms with E-state index in [1.165, 1.54) is 6.07 Å². The normalized spacial score (nSPS) is 18.5. The van der Waals surface area contributed by atoms with Gasteiger partial charge in [0.2, 0.25) is 0 Å². The molecule has 5 nitrogen and oxygen atoms in total. The van der Waals surface area contributed by atoms with Gasteiger partial charge in [0.1, 0.15) is 5.82 Å².